The molecule has 5 nitrogen and oxygen atoms in total. The molecule has 5 heteroatoms. The fourth-order valence-electron chi connectivity index (χ4n) is 1.96. The van der Waals surface area contributed by atoms with Gasteiger partial charge in [0.2, 0.25) is 0 Å². The minimum atomic E-state index is -0.514. The molecule has 0 rings (SSSR count). The number of Topliss-reactive ketones (excluding diaryl/α,β-unsaturated/α-hetero) is 1. The first-order chi connectivity index (χ1) is 10.6. The van der Waals surface area contributed by atoms with E-state index in [9.17, 15) is 14.4 Å². The summed E-state index contributed by atoms with van der Waals surface area (Å²) in [5.41, 5.74) is 0. The second-order valence-electron chi connectivity index (χ2n) is 5.27. The number of carbonyl (C=O) groups is 3. The molecule has 0 atom stereocenters. The van der Waals surface area contributed by atoms with Crippen LogP contribution in [0.4, 0.5) is 0 Å². The Hall–Kier alpha value is -1.65. The molecule has 0 amide bonds. The van der Waals surface area contributed by atoms with Crippen molar-refractivity contribution in [2.45, 2.75) is 64.7 Å². The van der Waals surface area contributed by atoms with Crippen LogP contribution < -0.4 is 0 Å². The molecule has 0 aliphatic heterocycles. The van der Waals surface area contributed by atoms with Gasteiger partial charge in [0.1, 0.15) is 19.0 Å². The smallest absolute Gasteiger partial charge is 0.330 e. The largest absolute Gasteiger partial charge is 0.462 e. The van der Waals surface area contributed by atoms with Gasteiger partial charge in [-0.1, -0.05) is 38.7 Å². The van der Waals surface area contributed by atoms with Gasteiger partial charge in [0, 0.05) is 18.9 Å². The Morgan fingerprint density at radius 3 is 1.86 bits per heavy atom. The number of ether oxygens (including phenoxy) is 2. The van der Waals surface area contributed by atoms with Gasteiger partial charge < -0.3 is 14.3 Å². The van der Waals surface area contributed by atoms with Crippen LogP contribution >= 0.6 is 0 Å². The summed E-state index contributed by atoms with van der Waals surface area (Å²) in [5, 5.41) is 0. The average Bonchev–Trinajstić information content (AvgIpc) is 2.49. The predicted molar refractivity (Wildman–Crippen MR) is 84.3 cm³/mol. The first-order valence-corrected chi connectivity index (χ1v) is 8.00. The van der Waals surface area contributed by atoms with Crippen LogP contribution in [0.3, 0.4) is 0 Å². The van der Waals surface area contributed by atoms with E-state index in [0.717, 1.165) is 51.0 Å². The topological polar surface area (TPSA) is 69.7 Å². The van der Waals surface area contributed by atoms with E-state index < -0.39 is 5.97 Å². The second-order valence-corrected chi connectivity index (χ2v) is 5.27. The molecule has 0 N–H and O–H groups in total. The van der Waals surface area contributed by atoms with E-state index in [0.29, 0.717) is 12.8 Å². The third-order valence-corrected chi connectivity index (χ3v) is 3.17. The van der Waals surface area contributed by atoms with Gasteiger partial charge in [0.25, 0.3) is 0 Å². The molecule has 0 aromatic rings. The van der Waals surface area contributed by atoms with Crippen molar-refractivity contribution in [3.05, 3.63) is 12.7 Å². The Labute approximate surface area is 133 Å². The van der Waals surface area contributed by atoms with Gasteiger partial charge in [-0.25, -0.2) is 4.79 Å². The summed E-state index contributed by atoms with van der Waals surface area (Å²) >= 11 is 0. The lowest BCUT2D eigenvalue weighted by Gasteiger charge is -2.05. The lowest BCUT2D eigenvalue weighted by Crippen LogP contribution is -2.12. The summed E-state index contributed by atoms with van der Waals surface area (Å²) in [6.45, 7) is 5.05. The molecule has 0 saturated heterocycles. The molecule has 126 valence electrons. The van der Waals surface area contributed by atoms with E-state index in [4.69, 9.17) is 9.47 Å². The molecule has 0 aromatic heterocycles. The average molecular weight is 312 g/mol. The number of carbonyl (C=O) groups excluding carboxylic acids is 3. The van der Waals surface area contributed by atoms with E-state index in [1.807, 2.05) is 0 Å². The zero-order chi connectivity index (χ0) is 16.6. The molecule has 0 unspecified atom stereocenters. The van der Waals surface area contributed by atoms with Gasteiger partial charge >= 0.3 is 11.9 Å². The van der Waals surface area contributed by atoms with Crippen molar-refractivity contribution >= 4 is 17.7 Å². The van der Waals surface area contributed by atoms with Gasteiger partial charge in [0.15, 0.2) is 0 Å². The van der Waals surface area contributed by atoms with Gasteiger partial charge in [0.05, 0.1) is 0 Å². The summed E-state index contributed by atoms with van der Waals surface area (Å²) in [4.78, 5) is 32.9. The summed E-state index contributed by atoms with van der Waals surface area (Å²) < 4.78 is 9.63. The Kier molecular flexibility index (Phi) is 13.2. The Bertz CT molecular complexity index is 349. The molecular formula is C17H28O5. The minimum absolute atomic E-state index is 0.0663. The van der Waals surface area contributed by atoms with Gasteiger partial charge in [-0.15, -0.1) is 0 Å². The van der Waals surface area contributed by atoms with Crippen LogP contribution in [-0.2, 0) is 23.9 Å². The maximum atomic E-state index is 11.4. The molecule has 0 spiro atoms. The number of esters is 2. The first kappa shape index (κ1) is 20.3. The Balaban J connectivity index is 3.26. The molecule has 0 heterocycles. The van der Waals surface area contributed by atoms with Crippen molar-refractivity contribution in [3.8, 4) is 0 Å². The molecule has 0 bridgehead atoms. The normalized spacial score (nSPS) is 10.0. The molecule has 0 fully saturated rings. The van der Waals surface area contributed by atoms with Crippen LogP contribution in [0.1, 0.15) is 64.7 Å². The van der Waals surface area contributed by atoms with Crippen molar-refractivity contribution in [1.29, 1.82) is 0 Å². The molecule has 22 heavy (non-hydrogen) atoms. The maximum absolute atomic E-state index is 11.4. The number of hydrogen-bond acceptors (Lipinski definition) is 5. The first-order valence-electron chi connectivity index (χ1n) is 8.00. The van der Waals surface area contributed by atoms with Gasteiger partial charge in [-0.05, 0) is 19.8 Å². The fraction of sp³-hybridized carbons (Fsp3) is 0.706. The Morgan fingerprint density at radius 2 is 1.32 bits per heavy atom. The lowest BCUT2D eigenvalue weighted by molar-refractivity contribution is -0.149. The minimum Gasteiger partial charge on any atom is -0.462 e. The van der Waals surface area contributed by atoms with E-state index in [1.54, 1.807) is 6.92 Å². The third kappa shape index (κ3) is 14.8. The summed E-state index contributed by atoms with van der Waals surface area (Å²) in [5.74, 6) is -0.506. The summed E-state index contributed by atoms with van der Waals surface area (Å²) in [7, 11) is 0. The molecule has 0 aliphatic rings. The van der Waals surface area contributed by atoms with Crippen molar-refractivity contribution in [2.24, 2.45) is 0 Å². The highest BCUT2D eigenvalue weighted by atomic mass is 16.6. The molecular weight excluding hydrogens is 284 g/mol. The van der Waals surface area contributed by atoms with Gasteiger partial charge in [-0.3, -0.25) is 4.79 Å². The molecule has 0 aliphatic carbocycles. The van der Waals surface area contributed by atoms with Crippen molar-refractivity contribution in [1.82, 2.24) is 0 Å². The highest BCUT2D eigenvalue weighted by Gasteiger charge is 2.03. The fourth-order valence-corrected chi connectivity index (χ4v) is 1.96. The number of hydrogen-bond donors (Lipinski definition) is 0. The monoisotopic (exact) mass is 312 g/mol. The van der Waals surface area contributed by atoms with Crippen LogP contribution in [0.5, 0.6) is 0 Å². The maximum Gasteiger partial charge on any atom is 0.330 e. The van der Waals surface area contributed by atoms with Crippen LogP contribution in [0.25, 0.3) is 0 Å². The zero-order valence-corrected chi connectivity index (χ0v) is 13.6. The number of unbranched alkanes of at least 4 members (excludes halogenated alkanes) is 6. The SMILES string of the molecule is C=CC(=O)OCCOC(=O)CCCCCCCCCC(C)=O. The standard InChI is InChI=1S/C17H28O5/c1-3-16(19)21-13-14-22-17(20)12-10-8-6-4-5-7-9-11-15(2)18/h3H,1,4-14H2,2H3. The third-order valence-electron chi connectivity index (χ3n) is 3.17. The summed E-state index contributed by atoms with van der Waals surface area (Å²) in [6.07, 6.45) is 9.46. The van der Waals surface area contributed by atoms with E-state index in [-0.39, 0.29) is 25.0 Å². The van der Waals surface area contributed by atoms with Crippen LogP contribution in [0, 0.1) is 0 Å². The van der Waals surface area contributed by atoms with E-state index in [2.05, 4.69) is 6.58 Å². The second kappa shape index (κ2) is 14.3. The zero-order valence-electron chi connectivity index (χ0n) is 13.6. The van der Waals surface area contributed by atoms with E-state index >= 15 is 0 Å². The van der Waals surface area contributed by atoms with Crippen molar-refractivity contribution < 1.29 is 23.9 Å². The van der Waals surface area contributed by atoms with Crippen LogP contribution in [0.15, 0.2) is 12.7 Å². The number of ketones is 1. The molecule has 0 radical (unpaired) electrons. The van der Waals surface area contributed by atoms with Crippen molar-refractivity contribution in [2.75, 3.05) is 13.2 Å². The predicted octanol–water partition coefficient (Wildman–Crippen LogP) is 3.36. The highest BCUT2D eigenvalue weighted by molar-refractivity contribution is 5.81. The molecule has 0 aromatic carbocycles. The van der Waals surface area contributed by atoms with Crippen LogP contribution in [0.2, 0.25) is 0 Å². The Morgan fingerprint density at radius 1 is 0.818 bits per heavy atom. The summed E-state index contributed by atoms with van der Waals surface area (Å²) in [6, 6.07) is 0. The van der Waals surface area contributed by atoms with Crippen LogP contribution in [-0.4, -0.2) is 30.9 Å². The number of rotatable bonds is 14. The highest BCUT2D eigenvalue weighted by Crippen LogP contribution is 2.10. The van der Waals surface area contributed by atoms with E-state index in [1.165, 1.54) is 0 Å². The lowest BCUT2D eigenvalue weighted by atomic mass is 10.1. The van der Waals surface area contributed by atoms with Crippen molar-refractivity contribution in [3.63, 3.8) is 0 Å². The molecule has 0 saturated carbocycles. The quantitative estimate of drug-likeness (QED) is 0.279. The van der Waals surface area contributed by atoms with Gasteiger partial charge in [-0.2, -0.15) is 0 Å².